The molecule has 1 amide bonds. The first-order valence-electron chi connectivity index (χ1n) is 5.54. The molecule has 1 aliphatic carbocycles. The van der Waals surface area contributed by atoms with E-state index in [4.69, 9.17) is 0 Å². The number of hydrogen-bond donors (Lipinski definition) is 1. The van der Waals surface area contributed by atoms with E-state index in [9.17, 15) is 4.79 Å². The van der Waals surface area contributed by atoms with Gasteiger partial charge in [0, 0.05) is 13.1 Å². The van der Waals surface area contributed by atoms with Gasteiger partial charge in [-0.1, -0.05) is 6.92 Å². The van der Waals surface area contributed by atoms with Crippen molar-refractivity contribution in [2.45, 2.75) is 31.3 Å². The molecule has 1 N–H and O–H groups in total. The third-order valence-corrected chi connectivity index (χ3v) is 3.83. The van der Waals surface area contributed by atoms with Crippen LogP contribution in [0.3, 0.4) is 0 Å². The number of amides is 1. The molecule has 3 fully saturated rings. The highest BCUT2D eigenvalue weighted by Crippen LogP contribution is 2.41. The van der Waals surface area contributed by atoms with E-state index in [2.05, 4.69) is 17.1 Å². The number of carbonyl (C=O) groups excluding carboxylic acids is 1. The summed E-state index contributed by atoms with van der Waals surface area (Å²) in [6, 6.07) is 0.481. The van der Waals surface area contributed by atoms with Crippen LogP contribution in [0.1, 0.15) is 19.8 Å². The van der Waals surface area contributed by atoms with Crippen LogP contribution in [0.4, 0.5) is 0 Å². The first-order chi connectivity index (χ1) is 6.75. The van der Waals surface area contributed by atoms with Gasteiger partial charge in [0.05, 0.1) is 18.2 Å². The third-order valence-electron chi connectivity index (χ3n) is 3.83. The minimum absolute atomic E-state index is 0.105. The van der Waals surface area contributed by atoms with Crippen LogP contribution in [0.5, 0.6) is 0 Å². The lowest BCUT2D eigenvalue weighted by Gasteiger charge is -2.43. The Kier molecular flexibility index (Phi) is 1.67. The summed E-state index contributed by atoms with van der Waals surface area (Å²) in [6.45, 7) is 6.20. The Labute approximate surface area is 84.2 Å². The van der Waals surface area contributed by atoms with Crippen LogP contribution in [0.25, 0.3) is 0 Å². The average Bonchev–Trinajstić information content (AvgIpc) is 2.82. The van der Waals surface area contributed by atoms with Crippen molar-refractivity contribution in [2.75, 3.05) is 26.3 Å². The molecule has 0 unspecified atom stereocenters. The Morgan fingerprint density at radius 2 is 2.21 bits per heavy atom. The quantitative estimate of drug-likeness (QED) is 0.652. The average molecular weight is 195 g/mol. The molecule has 1 spiro atoms. The fourth-order valence-corrected chi connectivity index (χ4v) is 2.47. The van der Waals surface area contributed by atoms with Crippen LogP contribution in [0.15, 0.2) is 0 Å². The van der Waals surface area contributed by atoms with Gasteiger partial charge in [0.25, 0.3) is 0 Å². The van der Waals surface area contributed by atoms with Crippen molar-refractivity contribution in [1.82, 2.24) is 15.1 Å². The van der Waals surface area contributed by atoms with Gasteiger partial charge in [0.1, 0.15) is 0 Å². The van der Waals surface area contributed by atoms with Crippen molar-refractivity contribution in [3.63, 3.8) is 0 Å². The van der Waals surface area contributed by atoms with E-state index in [1.165, 1.54) is 0 Å². The smallest absolute Gasteiger partial charge is 0.244 e. The lowest BCUT2D eigenvalue weighted by Crippen LogP contribution is -2.60. The highest BCUT2D eigenvalue weighted by atomic mass is 16.2. The lowest BCUT2D eigenvalue weighted by molar-refractivity contribution is -0.134. The molecular weight excluding hydrogens is 178 g/mol. The molecule has 0 bridgehead atoms. The van der Waals surface area contributed by atoms with Crippen LogP contribution in [-0.4, -0.2) is 53.6 Å². The van der Waals surface area contributed by atoms with Crippen molar-refractivity contribution < 1.29 is 4.79 Å². The van der Waals surface area contributed by atoms with Crippen molar-refractivity contribution >= 4 is 5.91 Å². The Morgan fingerprint density at radius 1 is 1.50 bits per heavy atom. The predicted octanol–water partition coefficient (Wildman–Crippen LogP) is -0.388. The van der Waals surface area contributed by atoms with Gasteiger partial charge in [-0.2, -0.15) is 0 Å². The molecule has 4 heteroatoms. The first kappa shape index (κ1) is 8.68. The molecule has 0 aromatic rings. The number of rotatable bonds is 2. The maximum atomic E-state index is 12.0. The van der Waals surface area contributed by atoms with Gasteiger partial charge in [-0.3, -0.25) is 15.0 Å². The molecule has 3 rings (SSSR count). The molecule has 2 aliphatic heterocycles. The van der Waals surface area contributed by atoms with E-state index in [0.717, 1.165) is 39.1 Å². The Balaban J connectivity index is 1.62. The number of nitrogens with one attached hydrogen (secondary N) is 1. The van der Waals surface area contributed by atoms with Crippen LogP contribution < -0.4 is 5.32 Å². The largest absolute Gasteiger partial charge is 0.323 e. The monoisotopic (exact) mass is 195 g/mol. The normalized spacial score (nSPS) is 31.2. The molecule has 2 heterocycles. The number of hydrogen-bond acceptors (Lipinski definition) is 3. The molecule has 1 saturated carbocycles. The fourth-order valence-electron chi connectivity index (χ4n) is 2.47. The highest BCUT2D eigenvalue weighted by Gasteiger charge is 2.57. The summed E-state index contributed by atoms with van der Waals surface area (Å²) < 4.78 is 0. The molecule has 0 aromatic heterocycles. The van der Waals surface area contributed by atoms with Gasteiger partial charge in [-0.25, -0.2) is 0 Å². The summed E-state index contributed by atoms with van der Waals surface area (Å²) in [5.74, 6) is 0.359. The standard InChI is InChI=1S/C10H17N3O/c1-2-12-5-8(6-12)13-7-11-10(3-4-10)9(13)14/h8,11H,2-7H2,1H3. The van der Waals surface area contributed by atoms with Gasteiger partial charge in [-0.05, 0) is 19.4 Å². The number of likely N-dealkylation sites (N-methyl/N-ethyl adjacent to an activating group) is 1. The van der Waals surface area contributed by atoms with Gasteiger partial charge in [-0.15, -0.1) is 0 Å². The predicted molar refractivity (Wildman–Crippen MR) is 52.7 cm³/mol. The summed E-state index contributed by atoms with van der Waals surface area (Å²) in [4.78, 5) is 16.4. The highest BCUT2D eigenvalue weighted by molar-refractivity contribution is 5.91. The summed E-state index contributed by atoms with van der Waals surface area (Å²) in [5.41, 5.74) is -0.105. The van der Waals surface area contributed by atoms with Gasteiger partial charge >= 0.3 is 0 Å². The molecule has 4 nitrogen and oxygen atoms in total. The van der Waals surface area contributed by atoms with Gasteiger partial charge in [0.2, 0.25) is 5.91 Å². The van der Waals surface area contributed by atoms with E-state index in [1.54, 1.807) is 0 Å². The van der Waals surface area contributed by atoms with E-state index in [0.29, 0.717) is 11.9 Å². The van der Waals surface area contributed by atoms with Crippen LogP contribution in [0.2, 0.25) is 0 Å². The maximum Gasteiger partial charge on any atom is 0.244 e. The minimum Gasteiger partial charge on any atom is -0.323 e. The van der Waals surface area contributed by atoms with Crippen LogP contribution in [0, 0.1) is 0 Å². The van der Waals surface area contributed by atoms with Crippen molar-refractivity contribution in [1.29, 1.82) is 0 Å². The van der Waals surface area contributed by atoms with E-state index in [-0.39, 0.29) is 5.54 Å². The molecule has 0 atom stereocenters. The van der Waals surface area contributed by atoms with Crippen molar-refractivity contribution in [3.05, 3.63) is 0 Å². The third kappa shape index (κ3) is 1.04. The number of likely N-dealkylation sites (tertiary alicyclic amines) is 1. The molecule has 14 heavy (non-hydrogen) atoms. The lowest BCUT2D eigenvalue weighted by atomic mass is 10.1. The zero-order valence-electron chi connectivity index (χ0n) is 8.62. The summed E-state index contributed by atoms with van der Waals surface area (Å²) in [7, 11) is 0. The molecule has 0 radical (unpaired) electrons. The first-order valence-corrected chi connectivity index (χ1v) is 5.54. The van der Waals surface area contributed by atoms with E-state index >= 15 is 0 Å². The Hall–Kier alpha value is -0.610. The SMILES string of the molecule is CCN1CC(N2CNC3(CC3)C2=O)C1. The van der Waals surface area contributed by atoms with Crippen molar-refractivity contribution in [2.24, 2.45) is 0 Å². The second-order valence-electron chi connectivity index (χ2n) is 4.70. The van der Waals surface area contributed by atoms with Gasteiger partial charge < -0.3 is 4.90 Å². The zero-order valence-corrected chi connectivity index (χ0v) is 8.62. The maximum absolute atomic E-state index is 12.0. The molecule has 0 aromatic carbocycles. The number of carbonyl (C=O) groups is 1. The fraction of sp³-hybridized carbons (Fsp3) is 0.900. The molecule has 78 valence electrons. The minimum atomic E-state index is -0.105. The van der Waals surface area contributed by atoms with Crippen LogP contribution in [-0.2, 0) is 4.79 Å². The molecule has 2 saturated heterocycles. The van der Waals surface area contributed by atoms with E-state index in [1.807, 2.05) is 4.90 Å². The number of nitrogens with zero attached hydrogens (tertiary/aromatic N) is 2. The summed E-state index contributed by atoms with van der Waals surface area (Å²) in [5, 5.41) is 3.35. The van der Waals surface area contributed by atoms with Crippen molar-refractivity contribution in [3.8, 4) is 0 Å². The molecule has 3 aliphatic rings. The summed E-state index contributed by atoms with van der Waals surface area (Å²) >= 11 is 0. The zero-order chi connectivity index (χ0) is 9.76. The van der Waals surface area contributed by atoms with Gasteiger partial charge in [0.15, 0.2) is 0 Å². The second-order valence-corrected chi connectivity index (χ2v) is 4.70. The topological polar surface area (TPSA) is 35.6 Å². The Morgan fingerprint density at radius 3 is 2.71 bits per heavy atom. The summed E-state index contributed by atoms with van der Waals surface area (Å²) in [6.07, 6.45) is 2.10. The van der Waals surface area contributed by atoms with Crippen LogP contribution >= 0.6 is 0 Å². The Bertz CT molecular complexity index is 269. The molecular formula is C10H17N3O. The van der Waals surface area contributed by atoms with E-state index < -0.39 is 0 Å². The second kappa shape index (κ2) is 2.70.